The molecule has 0 saturated carbocycles. The van der Waals surface area contributed by atoms with Gasteiger partial charge in [-0.05, 0) is 31.4 Å². The van der Waals surface area contributed by atoms with Gasteiger partial charge in [-0.1, -0.05) is 11.6 Å². The van der Waals surface area contributed by atoms with Gasteiger partial charge in [-0.2, -0.15) is 14.7 Å². The fourth-order valence-corrected chi connectivity index (χ4v) is 5.68. The quantitative estimate of drug-likeness (QED) is 0.603. The van der Waals surface area contributed by atoms with Crippen molar-refractivity contribution in [3.8, 4) is 6.07 Å². The molecule has 1 N–H and O–H groups in total. The Bertz CT molecular complexity index is 1280. The average Bonchev–Trinajstić information content (AvgIpc) is 2.86. The van der Waals surface area contributed by atoms with Gasteiger partial charge in [-0.15, -0.1) is 0 Å². The number of nitrogens with zero attached hydrogens (tertiary/aromatic N) is 5. The molecule has 0 aromatic carbocycles. The van der Waals surface area contributed by atoms with E-state index in [-0.39, 0.29) is 47.4 Å². The van der Waals surface area contributed by atoms with Crippen LogP contribution >= 0.6 is 11.6 Å². The van der Waals surface area contributed by atoms with Crippen molar-refractivity contribution in [3.05, 3.63) is 45.5 Å². The zero-order chi connectivity index (χ0) is 25.2. The number of rotatable bonds is 6. The number of alkyl halides is 2. The molecule has 0 unspecified atom stereocenters. The summed E-state index contributed by atoms with van der Waals surface area (Å²) in [7, 11) is -4.09. The van der Waals surface area contributed by atoms with Crippen LogP contribution in [0.2, 0.25) is 5.02 Å². The Hall–Kier alpha value is -2.66. The minimum atomic E-state index is -4.09. The smallest absolute Gasteiger partial charge is 0.288 e. The Labute approximate surface area is 205 Å². The van der Waals surface area contributed by atoms with Gasteiger partial charge in [0.05, 0.1) is 36.6 Å². The van der Waals surface area contributed by atoms with Crippen LogP contribution in [0.1, 0.15) is 30.9 Å². The van der Waals surface area contributed by atoms with E-state index in [0.29, 0.717) is 19.4 Å². The second kappa shape index (κ2) is 10.1. The number of piperidine rings is 1. The van der Waals surface area contributed by atoms with E-state index in [1.165, 1.54) is 18.3 Å². The second-order valence-corrected chi connectivity index (χ2v) is 10.8. The maximum Gasteiger partial charge on any atom is 0.288 e. The summed E-state index contributed by atoms with van der Waals surface area (Å²) in [5.74, 6) is 0. The van der Waals surface area contributed by atoms with Crippen LogP contribution in [-0.2, 0) is 14.8 Å². The summed E-state index contributed by atoms with van der Waals surface area (Å²) in [5.41, 5.74) is -2.04. The molecule has 2 fully saturated rings. The van der Waals surface area contributed by atoms with Crippen molar-refractivity contribution in [1.82, 2.24) is 19.1 Å². The normalized spacial score (nSPS) is 25.7. The number of aromatic nitrogens is 3. The summed E-state index contributed by atoms with van der Waals surface area (Å²) in [5, 5.41) is 15.1. The molecule has 2 aliphatic rings. The highest BCUT2D eigenvalue weighted by Gasteiger charge is 2.38. The third kappa shape index (κ3) is 5.30. The maximum atomic E-state index is 15.1. The molecule has 14 heteroatoms. The van der Waals surface area contributed by atoms with Gasteiger partial charge in [0.1, 0.15) is 17.3 Å². The standard InChI is InChI=1S/C21H23ClF2N6O4S/c22-19-16(27-12-21(24)5-1-7-34-13-21)10-28-30(20(19)31)17-4-6-29(11-15(17)23)35(32,33)18-3-2-14(8-25)9-26-18/h2-3,9-10,15,17,27H,1,4-7,11-13H2/t15-,17-,21-/m0/s1. The molecular formula is C21H23ClF2N6O4S. The number of anilines is 1. The largest absolute Gasteiger partial charge is 0.379 e. The molecule has 35 heavy (non-hydrogen) atoms. The molecule has 0 amide bonds. The zero-order valence-corrected chi connectivity index (χ0v) is 20.1. The predicted octanol–water partition coefficient (Wildman–Crippen LogP) is 2.07. The Balaban J connectivity index is 1.46. The van der Waals surface area contributed by atoms with E-state index in [1.54, 1.807) is 0 Å². The number of nitrogens with one attached hydrogen (secondary N) is 1. The Morgan fingerprint density at radius 1 is 1.37 bits per heavy atom. The third-order valence-electron chi connectivity index (χ3n) is 6.07. The first-order valence-electron chi connectivity index (χ1n) is 10.9. The fraction of sp³-hybridized carbons (Fsp3) is 0.524. The molecule has 4 rings (SSSR count). The molecule has 2 saturated heterocycles. The Kier molecular flexibility index (Phi) is 7.37. The van der Waals surface area contributed by atoms with E-state index in [4.69, 9.17) is 21.6 Å². The second-order valence-electron chi connectivity index (χ2n) is 8.51. The lowest BCUT2D eigenvalue weighted by atomic mass is 9.99. The van der Waals surface area contributed by atoms with E-state index in [1.807, 2.05) is 6.07 Å². The van der Waals surface area contributed by atoms with Crippen LogP contribution in [0.15, 0.2) is 34.3 Å². The van der Waals surface area contributed by atoms with E-state index in [2.05, 4.69) is 15.4 Å². The molecule has 4 heterocycles. The first-order chi connectivity index (χ1) is 16.6. The zero-order valence-electron chi connectivity index (χ0n) is 18.5. The van der Waals surface area contributed by atoms with Crippen molar-refractivity contribution in [2.75, 3.05) is 38.2 Å². The minimum absolute atomic E-state index is 0.0301. The van der Waals surface area contributed by atoms with Gasteiger partial charge >= 0.3 is 0 Å². The van der Waals surface area contributed by atoms with Crippen molar-refractivity contribution in [2.24, 2.45) is 0 Å². The van der Waals surface area contributed by atoms with E-state index in [0.717, 1.165) is 15.2 Å². The van der Waals surface area contributed by atoms with E-state index >= 15 is 4.39 Å². The molecule has 2 aliphatic heterocycles. The van der Waals surface area contributed by atoms with Gasteiger partial charge < -0.3 is 10.1 Å². The highest BCUT2D eigenvalue weighted by atomic mass is 35.5. The minimum Gasteiger partial charge on any atom is -0.379 e. The lowest BCUT2D eigenvalue weighted by molar-refractivity contribution is -0.0234. The van der Waals surface area contributed by atoms with Gasteiger partial charge in [0.15, 0.2) is 10.7 Å². The van der Waals surface area contributed by atoms with Crippen molar-refractivity contribution in [2.45, 2.75) is 42.2 Å². The number of sulfonamides is 1. The first kappa shape index (κ1) is 25.4. The molecule has 0 aliphatic carbocycles. The molecule has 0 bridgehead atoms. The fourth-order valence-electron chi connectivity index (χ4n) is 4.11. The van der Waals surface area contributed by atoms with Crippen LogP contribution in [0.25, 0.3) is 0 Å². The van der Waals surface area contributed by atoms with Gasteiger partial charge in [-0.3, -0.25) is 4.79 Å². The van der Waals surface area contributed by atoms with Gasteiger partial charge in [0.25, 0.3) is 15.6 Å². The number of pyridine rings is 1. The molecule has 10 nitrogen and oxygen atoms in total. The topological polar surface area (TPSA) is 130 Å². The Morgan fingerprint density at radius 2 is 2.17 bits per heavy atom. The number of nitriles is 1. The highest BCUT2D eigenvalue weighted by molar-refractivity contribution is 7.89. The molecule has 2 aromatic heterocycles. The molecular weight excluding hydrogens is 506 g/mol. The van der Waals surface area contributed by atoms with Crippen LogP contribution in [0.5, 0.6) is 0 Å². The van der Waals surface area contributed by atoms with E-state index in [9.17, 15) is 17.6 Å². The lowest BCUT2D eigenvalue weighted by Crippen LogP contribution is -2.48. The molecule has 0 radical (unpaired) electrons. The maximum absolute atomic E-state index is 15.1. The summed E-state index contributed by atoms with van der Waals surface area (Å²) in [6.45, 7) is -0.275. The monoisotopic (exact) mass is 528 g/mol. The van der Waals surface area contributed by atoms with Gasteiger partial charge in [-0.25, -0.2) is 26.9 Å². The summed E-state index contributed by atoms with van der Waals surface area (Å²) in [6, 6.07) is 3.31. The highest BCUT2D eigenvalue weighted by Crippen LogP contribution is 2.29. The van der Waals surface area contributed by atoms with Crippen molar-refractivity contribution >= 4 is 27.3 Å². The van der Waals surface area contributed by atoms with Gasteiger partial charge in [0, 0.05) is 25.9 Å². The van der Waals surface area contributed by atoms with Crippen LogP contribution in [0, 0.1) is 11.3 Å². The van der Waals surface area contributed by atoms with E-state index < -0.39 is 40.0 Å². The summed E-state index contributed by atoms with van der Waals surface area (Å²) < 4.78 is 62.5. The van der Waals surface area contributed by atoms with Crippen LogP contribution in [0.3, 0.4) is 0 Å². The summed E-state index contributed by atoms with van der Waals surface area (Å²) in [4.78, 5) is 16.6. The molecule has 0 spiro atoms. The third-order valence-corrected chi connectivity index (χ3v) is 8.21. The SMILES string of the molecule is N#Cc1ccc(S(=O)(=O)N2CC[C@H](n3ncc(NC[C@@]4(F)CCCOC4)c(Cl)c3=O)[C@@H](F)C2)nc1. The number of hydrogen-bond acceptors (Lipinski definition) is 8. The van der Waals surface area contributed by atoms with Crippen LogP contribution in [-0.4, -0.2) is 72.2 Å². The van der Waals surface area contributed by atoms with Crippen LogP contribution in [0.4, 0.5) is 14.5 Å². The van der Waals surface area contributed by atoms with Crippen LogP contribution < -0.4 is 10.9 Å². The number of ether oxygens (including phenoxy) is 1. The number of hydrogen-bond donors (Lipinski definition) is 1. The Morgan fingerprint density at radius 3 is 2.80 bits per heavy atom. The predicted molar refractivity (Wildman–Crippen MR) is 122 cm³/mol. The molecule has 3 atom stereocenters. The molecule has 2 aromatic rings. The first-order valence-corrected chi connectivity index (χ1v) is 12.7. The average molecular weight is 529 g/mol. The van der Waals surface area contributed by atoms with Crippen molar-refractivity contribution < 1.29 is 21.9 Å². The van der Waals surface area contributed by atoms with Gasteiger partial charge in [0.2, 0.25) is 0 Å². The van der Waals surface area contributed by atoms with Crippen molar-refractivity contribution in [3.63, 3.8) is 0 Å². The summed E-state index contributed by atoms with van der Waals surface area (Å²) in [6.07, 6.45) is 1.47. The molecule has 188 valence electrons. The number of halogens is 3. The summed E-state index contributed by atoms with van der Waals surface area (Å²) >= 11 is 6.18. The lowest BCUT2D eigenvalue weighted by Gasteiger charge is -2.34. The van der Waals surface area contributed by atoms with Crippen molar-refractivity contribution in [1.29, 1.82) is 5.26 Å².